The molecule has 0 saturated carbocycles. The molecule has 7 nitrogen and oxygen atoms in total. The summed E-state index contributed by atoms with van der Waals surface area (Å²) in [5.41, 5.74) is 3.34. The highest BCUT2D eigenvalue weighted by Gasteiger charge is 2.21. The highest BCUT2D eigenvalue weighted by molar-refractivity contribution is 7.89. The van der Waals surface area contributed by atoms with Gasteiger partial charge in [-0.3, -0.25) is 4.79 Å². The fraction of sp³-hybridized carbons (Fsp3) is 0.231. The highest BCUT2D eigenvalue weighted by atomic mass is 32.2. The number of rotatable bonds is 8. The average Bonchev–Trinajstić information content (AvgIpc) is 3.21. The SMILES string of the molecule is COCCn1c(=NC(=O)c2ccc(S(=O)(=O)N(C)Cc3ccccc3)cc2)sc2cccc(C)c21. The van der Waals surface area contributed by atoms with E-state index in [9.17, 15) is 13.2 Å². The number of ether oxygens (including phenoxy) is 1. The predicted molar refractivity (Wildman–Crippen MR) is 138 cm³/mol. The van der Waals surface area contributed by atoms with Gasteiger partial charge in [0.25, 0.3) is 5.91 Å². The maximum absolute atomic E-state index is 13.0. The molecule has 1 heterocycles. The van der Waals surface area contributed by atoms with Crippen molar-refractivity contribution < 1.29 is 17.9 Å². The van der Waals surface area contributed by atoms with Crippen LogP contribution in [-0.4, -0.2) is 44.0 Å². The van der Waals surface area contributed by atoms with E-state index in [1.807, 2.05) is 60.0 Å². The Morgan fingerprint density at radius 2 is 1.74 bits per heavy atom. The number of nitrogens with zero attached hydrogens (tertiary/aromatic N) is 3. The molecule has 182 valence electrons. The summed E-state index contributed by atoms with van der Waals surface area (Å²) in [5.74, 6) is -0.429. The molecule has 0 unspecified atom stereocenters. The van der Waals surface area contributed by atoms with E-state index in [1.165, 1.54) is 39.9 Å². The second-order valence-electron chi connectivity index (χ2n) is 8.14. The second-order valence-corrected chi connectivity index (χ2v) is 11.2. The van der Waals surface area contributed by atoms with Crippen molar-refractivity contribution in [3.05, 3.63) is 94.3 Å². The summed E-state index contributed by atoms with van der Waals surface area (Å²) >= 11 is 1.44. The second kappa shape index (κ2) is 10.7. The van der Waals surface area contributed by atoms with Gasteiger partial charge in [0, 0.05) is 32.8 Å². The van der Waals surface area contributed by atoms with Crippen LogP contribution in [0.3, 0.4) is 0 Å². The Bertz CT molecular complexity index is 1510. The lowest BCUT2D eigenvalue weighted by molar-refractivity contribution is 0.0997. The molecule has 0 aliphatic rings. The number of methoxy groups -OCH3 is 1. The number of benzene rings is 3. The molecular formula is C26H27N3O4S2. The van der Waals surface area contributed by atoms with E-state index >= 15 is 0 Å². The van der Waals surface area contributed by atoms with E-state index < -0.39 is 15.9 Å². The molecule has 0 N–H and O–H groups in total. The van der Waals surface area contributed by atoms with Crippen LogP contribution in [0.2, 0.25) is 0 Å². The van der Waals surface area contributed by atoms with E-state index in [-0.39, 0.29) is 11.4 Å². The Hall–Kier alpha value is -3.11. The smallest absolute Gasteiger partial charge is 0.279 e. The molecule has 4 aromatic rings. The van der Waals surface area contributed by atoms with Crippen molar-refractivity contribution in [2.45, 2.75) is 24.9 Å². The molecule has 4 rings (SSSR count). The number of aromatic nitrogens is 1. The molecule has 0 fully saturated rings. The van der Waals surface area contributed by atoms with E-state index in [2.05, 4.69) is 4.99 Å². The van der Waals surface area contributed by atoms with Gasteiger partial charge in [-0.25, -0.2) is 8.42 Å². The van der Waals surface area contributed by atoms with Crippen LogP contribution in [0.4, 0.5) is 0 Å². The Morgan fingerprint density at radius 1 is 1.03 bits per heavy atom. The van der Waals surface area contributed by atoms with Crippen molar-refractivity contribution in [3.8, 4) is 0 Å². The van der Waals surface area contributed by atoms with Crippen molar-refractivity contribution in [3.63, 3.8) is 0 Å². The van der Waals surface area contributed by atoms with Gasteiger partial charge in [0.05, 0.1) is 21.7 Å². The minimum atomic E-state index is -3.70. The van der Waals surface area contributed by atoms with Gasteiger partial charge >= 0.3 is 0 Å². The standard InChI is InChI=1S/C26H27N3O4S2/c1-19-8-7-11-23-24(19)29(16-17-33-3)26(34-23)27-25(30)21-12-14-22(15-13-21)35(31,32)28(2)18-20-9-5-4-6-10-20/h4-15H,16-18H2,1-3H3. The van der Waals surface area contributed by atoms with Crippen LogP contribution in [0.15, 0.2) is 82.7 Å². The lowest BCUT2D eigenvalue weighted by atomic mass is 10.2. The molecule has 3 aromatic carbocycles. The number of thiazole rings is 1. The Labute approximate surface area is 209 Å². The largest absolute Gasteiger partial charge is 0.383 e. The van der Waals surface area contributed by atoms with Crippen LogP contribution < -0.4 is 4.80 Å². The molecule has 9 heteroatoms. The lowest BCUT2D eigenvalue weighted by Gasteiger charge is -2.17. The minimum Gasteiger partial charge on any atom is -0.383 e. The Morgan fingerprint density at radius 3 is 2.43 bits per heavy atom. The molecule has 1 aromatic heterocycles. The van der Waals surface area contributed by atoms with Gasteiger partial charge in [0.15, 0.2) is 4.80 Å². The van der Waals surface area contributed by atoms with E-state index in [4.69, 9.17) is 4.74 Å². The first-order valence-electron chi connectivity index (χ1n) is 11.1. The summed E-state index contributed by atoms with van der Waals surface area (Å²) < 4.78 is 35.5. The zero-order chi connectivity index (χ0) is 25.0. The number of carbonyl (C=O) groups excluding carboxylic acids is 1. The fourth-order valence-electron chi connectivity index (χ4n) is 3.81. The first-order valence-corrected chi connectivity index (χ1v) is 13.3. The third-order valence-electron chi connectivity index (χ3n) is 5.68. The van der Waals surface area contributed by atoms with Crippen LogP contribution >= 0.6 is 11.3 Å². The molecule has 0 atom stereocenters. The first-order chi connectivity index (χ1) is 16.8. The van der Waals surface area contributed by atoms with E-state index in [1.54, 1.807) is 14.2 Å². The van der Waals surface area contributed by atoms with Gasteiger partial charge in [-0.2, -0.15) is 9.30 Å². The van der Waals surface area contributed by atoms with Crippen LogP contribution in [-0.2, 0) is 27.8 Å². The summed E-state index contributed by atoms with van der Waals surface area (Å²) in [6.45, 7) is 3.34. The average molecular weight is 510 g/mol. The van der Waals surface area contributed by atoms with Crippen LogP contribution in [0.1, 0.15) is 21.5 Å². The van der Waals surface area contributed by atoms with Gasteiger partial charge < -0.3 is 9.30 Å². The molecule has 35 heavy (non-hydrogen) atoms. The zero-order valence-corrected chi connectivity index (χ0v) is 21.5. The van der Waals surface area contributed by atoms with Crippen LogP contribution in [0.5, 0.6) is 0 Å². The number of hydrogen-bond donors (Lipinski definition) is 0. The normalized spacial score (nSPS) is 12.5. The molecule has 0 radical (unpaired) electrons. The number of sulfonamides is 1. The van der Waals surface area contributed by atoms with Crippen molar-refractivity contribution in [1.82, 2.24) is 8.87 Å². The molecule has 0 aliphatic heterocycles. The van der Waals surface area contributed by atoms with Gasteiger partial charge in [-0.05, 0) is 48.4 Å². The summed E-state index contributed by atoms with van der Waals surface area (Å²) in [7, 11) is -0.526. The fourth-order valence-corrected chi connectivity index (χ4v) is 6.10. The van der Waals surface area contributed by atoms with Gasteiger partial charge in [-0.15, -0.1) is 0 Å². The monoisotopic (exact) mass is 509 g/mol. The number of hydrogen-bond acceptors (Lipinski definition) is 5. The van der Waals surface area contributed by atoms with Crippen molar-refractivity contribution in [2.75, 3.05) is 20.8 Å². The number of para-hydroxylation sites is 1. The first kappa shape index (κ1) is 25.0. The lowest BCUT2D eigenvalue weighted by Crippen LogP contribution is -2.26. The number of carbonyl (C=O) groups is 1. The molecule has 0 bridgehead atoms. The predicted octanol–water partition coefficient (Wildman–Crippen LogP) is 4.22. The van der Waals surface area contributed by atoms with Crippen molar-refractivity contribution >= 4 is 37.5 Å². The minimum absolute atomic E-state index is 0.125. The molecule has 0 saturated heterocycles. The van der Waals surface area contributed by atoms with E-state index in [0.717, 1.165) is 21.3 Å². The third-order valence-corrected chi connectivity index (χ3v) is 8.54. The van der Waals surface area contributed by atoms with E-state index in [0.29, 0.717) is 23.5 Å². The summed E-state index contributed by atoms with van der Waals surface area (Å²) in [6.07, 6.45) is 0. The third kappa shape index (κ3) is 5.43. The molecule has 0 aliphatic carbocycles. The maximum atomic E-state index is 13.0. The highest BCUT2D eigenvalue weighted by Crippen LogP contribution is 2.21. The van der Waals surface area contributed by atoms with Crippen LogP contribution in [0, 0.1) is 6.92 Å². The summed E-state index contributed by atoms with van der Waals surface area (Å²) in [6, 6.07) is 21.3. The molecule has 1 amide bonds. The number of fused-ring (bicyclic) bond motifs is 1. The topological polar surface area (TPSA) is 81.0 Å². The van der Waals surface area contributed by atoms with Crippen LogP contribution in [0.25, 0.3) is 10.2 Å². The maximum Gasteiger partial charge on any atom is 0.279 e. The Balaban J connectivity index is 1.61. The van der Waals surface area contributed by atoms with Gasteiger partial charge in [-0.1, -0.05) is 53.8 Å². The summed E-state index contributed by atoms with van der Waals surface area (Å²) in [4.78, 5) is 18.0. The van der Waals surface area contributed by atoms with Gasteiger partial charge in [0.1, 0.15) is 0 Å². The quantitative estimate of drug-likeness (QED) is 0.356. The zero-order valence-electron chi connectivity index (χ0n) is 19.8. The Kier molecular flexibility index (Phi) is 7.61. The number of amides is 1. The van der Waals surface area contributed by atoms with Crippen molar-refractivity contribution in [1.29, 1.82) is 0 Å². The van der Waals surface area contributed by atoms with Crippen molar-refractivity contribution in [2.24, 2.45) is 4.99 Å². The number of aryl methyl sites for hydroxylation is 1. The molecule has 0 spiro atoms. The van der Waals surface area contributed by atoms with Gasteiger partial charge in [0.2, 0.25) is 10.0 Å². The molecular weight excluding hydrogens is 482 g/mol. The summed E-state index contributed by atoms with van der Waals surface area (Å²) in [5, 5.41) is 0.